The van der Waals surface area contributed by atoms with Gasteiger partial charge in [-0.25, -0.2) is 0 Å². The van der Waals surface area contributed by atoms with E-state index in [1.807, 2.05) is 41.5 Å². The standard InChI is InChI=1S/C33H68O9/c1-9-13-14-15-16-17-18-19-20-21-22-30(39-26-35-8)31(40-27(5)36-10-2)23-24-32(41-28(6)37-11-3)33(25-34)42-29(7)38-12-4/h27-34H,9-26H2,1-8H3/t27?,28?,29?,30-,31-,32+,33+/m1/s1. The number of ether oxygens (including phenoxy) is 8. The van der Waals surface area contributed by atoms with E-state index in [9.17, 15) is 5.11 Å². The van der Waals surface area contributed by atoms with Crippen LogP contribution in [-0.2, 0) is 37.9 Å². The van der Waals surface area contributed by atoms with Gasteiger partial charge in [0, 0.05) is 26.9 Å². The number of aliphatic hydroxyl groups is 1. The number of methoxy groups -OCH3 is 1. The Morgan fingerprint density at radius 1 is 0.476 bits per heavy atom. The molecule has 0 radical (unpaired) electrons. The van der Waals surface area contributed by atoms with Crippen molar-refractivity contribution in [3.05, 3.63) is 0 Å². The van der Waals surface area contributed by atoms with Crippen LogP contribution < -0.4 is 0 Å². The highest BCUT2D eigenvalue weighted by molar-refractivity contribution is 4.78. The minimum atomic E-state index is -0.584. The van der Waals surface area contributed by atoms with Crippen LogP contribution >= 0.6 is 0 Å². The molecule has 0 aromatic carbocycles. The van der Waals surface area contributed by atoms with Gasteiger partial charge < -0.3 is 43.0 Å². The highest BCUT2D eigenvalue weighted by Gasteiger charge is 2.31. The van der Waals surface area contributed by atoms with Gasteiger partial charge >= 0.3 is 0 Å². The van der Waals surface area contributed by atoms with Gasteiger partial charge in [-0.15, -0.1) is 0 Å². The van der Waals surface area contributed by atoms with Gasteiger partial charge in [0.1, 0.15) is 12.9 Å². The third kappa shape index (κ3) is 22.2. The molecule has 0 aromatic rings. The smallest absolute Gasteiger partial charge is 0.155 e. The van der Waals surface area contributed by atoms with E-state index in [1.165, 1.54) is 57.8 Å². The van der Waals surface area contributed by atoms with E-state index in [-0.39, 0.29) is 31.9 Å². The molecule has 42 heavy (non-hydrogen) atoms. The molecule has 7 atom stereocenters. The molecule has 0 amide bonds. The first-order valence-electron chi connectivity index (χ1n) is 16.9. The van der Waals surface area contributed by atoms with E-state index in [0.29, 0.717) is 32.7 Å². The molecule has 0 bridgehead atoms. The largest absolute Gasteiger partial charge is 0.394 e. The topological polar surface area (TPSA) is 94.1 Å². The van der Waals surface area contributed by atoms with Gasteiger partial charge in [0.25, 0.3) is 0 Å². The summed E-state index contributed by atoms with van der Waals surface area (Å²) in [6.07, 6.45) is 12.1. The van der Waals surface area contributed by atoms with Crippen molar-refractivity contribution >= 4 is 0 Å². The quantitative estimate of drug-likeness (QED) is 0.0621. The Kier molecular flexibility index (Phi) is 29.1. The molecule has 0 spiro atoms. The van der Waals surface area contributed by atoms with Gasteiger partial charge in [-0.2, -0.15) is 0 Å². The molecule has 0 saturated carbocycles. The summed E-state index contributed by atoms with van der Waals surface area (Å²) < 4.78 is 47.1. The second-order valence-corrected chi connectivity index (χ2v) is 10.9. The summed E-state index contributed by atoms with van der Waals surface area (Å²) in [5.41, 5.74) is 0. The Labute approximate surface area is 258 Å². The minimum absolute atomic E-state index is 0.164. The second-order valence-electron chi connectivity index (χ2n) is 10.9. The minimum Gasteiger partial charge on any atom is -0.394 e. The van der Waals surface area contributed by atoms with Crippen LogP contribution in [0, 0.1) is 0 Å². The van der Waals surface area contributed by atoms with Crippen LogP contribution in [0.15, 0.2) is 0 Å². The zero-order valence-corrected chi connectivity index (χ0v) is 28.5. The maximum Gasteiger partial charge on any atom is 0.155 e. The van der Waals surface area contributed by atoms with E-state index in [4.69, 9.17) is 37.9 Å². The number of rotatable bonds is 32. The molecular weight excluding hydrogens is 540 g/mol. The number of hydrogen-bond acceptors (Lipinski definition) is 9. The van der Waals surface area contributed by atoms with Gasteiger partial charge in [0.2, 0.25) is 0 Å². The van der Waals surface area contributed by atoms with Crippen molar-refractivity contribution in [2.75, 3.05) is 40.3 Å². The average molecular weight is 609 g/mol. The van der Waals surface area contributed by atoms with Crippen LogP contribution in [-0.4, -0.2) is 88.7 Å². The van der Waals surface area contributed by atoms with Gasteiger partial charge in [-0.05, 0) is 60.8 Å². The van der Waals surface area contributed by atoms with Gasteiger partial charge in [-0.3, -0.25) is 0 Å². The zero-order chi connectivity index (χ0) is 31.4. The van der Waals surface area contributed by atoms with Crippen LogP contribution in [0.4, 0.5) is 0 Å². The molecule has 9 nitrogen and oxygen atoms in total. The third-order valence-electron chi connectivity index (χ3n) is 7.29. The molecule has 254 valence electrons. The second kappa shape index (κ2) is 29.4. The molecule has 0 aromatic heterocycles. The van der Waals surface area contributed by atoms with Gasteiger partial charge in [0.05, 0.1) is 24.9 Å². The number of unbranched alkanes of at least 4 members (excludes halogenated alkanes) is 9. The first-order valence-corrected chi connectivity index (χ1v) is 16.9. The Bertz CT molecular complexity index is 554. The van der Waals surface area contributed by atoms with E-state index < -0.39 is 24.8 Å². The lowest BCUT2D eigenvalue weighted by molar-refractivity contribution is -0.238. The summed E-state index contributed by atoms with van der Waals surface area (Å²) in [4.78, 5) is 0. The summed E-state index contributed by atoms with van der Waals surface area (Å²) in [5.74, 6) is 0. The molecule has 0 rings (SSSR count). The zero-order valence-electron chi connectivity index (χ0n) is 28.5. The van der Waals surface area contributed by atoms with Gasteiger partial charge in [0.15, 0.2) is 18.9 Å². The summed E-state index contributed by atoms with van der Waals surface area (Å²) in [7, 11) is 1.64. The molecule has 1 N–H and O–H groups in total. The molecule has 0 aliphatic carbocycles. The highest BCUT2D eigenvalue weighted by atomic mass is 16.7. The van der Waals surface area contributed by atoms with Crippen molar-refractivity contribution in [3.8, 4) is 0 Å². The van der Waals surface area contributed by atoms with Crippen molar-refractivity contribution in [1.29, 1.82) is 0 Å². The van der Waals surface area contributed by atoms with E-state index >= 15 is 0 Å². The lowest BCUT2D eigenvalue weighted by Gasteiger charge is -2.34. The summed E-state index contributed by atoms with van der Waals surface area (Å²) in [5, 5.41) is 10.2. The van der Waals surface area contributed by atoms with Crippen LogP contribution in [0.2, 0.25) is 0 Å². The molecule has 3 unspecified atom stereocenters. The van der Waals surface area contributed by atoms with Crippen molar-refractivity contribution in [2.45, 2.75) is 175 Å². The Balaban J connectivity index is 5.39. The predicted molar refractivity (Wildman–Crippen MR) is 167 cm³/mol. The van der Waals surface area contributed by atoms with E-state index in [2.05, 4.69) is 6.92 Å². The fourth-order valence-corrected chi connectivity index (χ4v) is 5.19. The molecule has 0 heterocycles. The molecule has 9 heteroatoms. The Hall–Kier alpha value is -0.360. The highest BCUT2D eigenvalue weighted by Crippen LogP contribution is 2.24. The van der Waals surface area contributed by atoms with Crippen LogP contribution in [0.5, 0.6) is 0 Å². The maximum absolute atomic E-state index is 10.2. The van der Waals surface area contributed by atoms with Crippen molar-refractivity contribution in [2.24, 2.45) is 0 Å². The Morgan fingerprint density at radius 2 is 0.881 bits per heavy atom. The molecule has 0 saturated heterocycles. The first kappa shape index (κ1) is 41.6. The van der Waals surface area contributed by atoms with Crippen molar-refractivity contribution in [3.63, 3.8) is 0 Å². The summed E-state index contributed by atoms with van der Waals surface area (Å²) >= 11 is 0. The molecule has 0 aliphatic heterocycles. The lowest BCUT2D eigenvalue weighted by atomic mass is 9.98. The first-order chi connectivity index (χ1) is 20.4. The monoisotopic (exact) mass is 608 g/mol. The van der Waals surface area contributed by atoms with E-state index in [0.717, 1.165) is 12.8 Å². The SMILES string of the molecule is CCCCCCCCCCCC[C@@H](OCOC)[C@@H](CC[C@H](OC(C)OCC)[C@H](CO)OC(C)OCC)OC(C)OCC. The molecular formula is C33H68O9. The molecule has 0 fully saturated rings. The average Bonchev–Trinajstić information content (AvgIpc) is 2.96. The van der Waals surface area contributed by atoms with Crippen molar-refractivity contribution < 1.29 is 43.0 Å². The Morgan fingerprint density at radius 3 is 1.29 bits per heavy atom. The van der Waals surface area contributed by atoms with E-state index in [1.54, 1.807) is 7.11 Å². The fraction of sp³-hybridized carbons (Fsp3) is 1.00. The summed E-state index contributed by atoms with van der Waals surface area (Å²) in [6, 6.07) is 0. The number of hydrogen-bond donors (Lipinski definition) is 1. The summed E-state index contributed by atoms with van der Waals surface area (Å²) in [6.45, 7) is 15.2. The van der Waals surface area contributed by atoms with Crippen LogP contribution in [0.3, 0.4) is 0 Å². The van der Waals surface area contributed by atoms with Gasteiger partial charge in [-0.1, -0.05) is 71.1 Å². The van der Waals surface area contributed by atoms with Crippen molar-refractivity contribution in [1.82, 2.24) is 0 Å². The number of aliphatic hydroxyl groups excluding tert-OH is 1. The third-order valence-corrected chi connectivity index (χ3v) is 7.29. The maximum atomic E-state index is 10.2. The molecule has 0 aliphatic rings. The predicted octanol–water partition coefficient (Wildman–Crippen LogP) is 7.36. The lowest BCUT2D eigenvalue weighted by Crippen LogP contribution is -2.42. The van der Waals surface area contributed by atoms with Crippen LogP contribution in [0.25, 0.3) is 0 Å². The fourth-order valence-electron chi connectivity index (χ4n) is 5.19. The normalized spacial score (nSPS) is 17.1. The van der Waals surface area contributed by atoms with Crippen LogP contribution in [0.1, 0.15) is 132 Å².